The highest BCUT2D eigenvalue weighted by molar-refractivity contribution is 7.91. The van der Waals surface area contributed by atoms with Crippen molar-refractivity contribution in [2.75, 3.05) is 42.6 Å². The van der Waals surface area contributed by atoms with Crippen LogP contribution in [-0.2, 0) is 47.0 Å². The van der Waals surface area contributed by atoms with E-state index in [2.05, 4.69) is 6.58 Å². The van der Waals surface area contributed by atoms with E-state index in [-0.39, 0.29) is 49.9 Å². The van der Waals surface area contributed by atoms with Gasteiger partial charge in [-0.1, -0.05) is 56.8 Å². The molecule has 0 aliphatic carbocycles. The van der Waals surface area contributed by atoms with E-state index in [1.807, 2.05) is 13.8 Å². The third-order valence-corrected chi connectivity index (χ3v) is 8.74. The number of fused-ring (bicyclic) bond motifs is 1. The molecule has 298 valence electrons. The van der Waals surface area contributed by atoms with Gasteiger partial charge in [-0.2, -0.15) is 8.42 Å². The Morgan fingerprint density at radius 1 is 1.06 bits per heavy atom. The van der Waals surface area contributed by atoms with E-state index < -0.39 is 75.5 Å². The molecule has 0 aromatic heterocycles. The van der Waals surface area contributed by atoms with Gasteiger partial charge in [-0.3, -0.25) is 9.69 Å². The fourth-order valence-electron chi connectivity index (χ4n) is 5.39. The van der Waals surface area contributed by atoms with Gasteiger partial charge in [0.15, 0.2) is 5.82 Å². The normalized spacial score (nSPS) is 14.1. The van der Waals surface area contributed by atoms with Gasteiger partial charge in [0, 0.05) is 31.1 Å². The fourth-order valence-corrected chi connectivity index (χ4v) is 6.46. The second-order valence-corrected chi connectivity index (χ2v) is 16.5. The Morgan fingerprint density at radius 2 is 1.69 bits per heavy atom. The summed E-state index contributed by atoms with van der Waals surface area (Å²) in [4.78, 5) is 55.2. The molecule has 0 spiro atoms. The molecule has 0 bridgehead atoms. The van der Waals surface area contributed by atoms with Gasteiger partial charge in [0.25, 0.3) is 0 Å². The molecule has 54 heavy (non-hydrogen) atoms. The number of hydrogen-bond donors (Lipinski definition) is 1. The van der Waals surface area contributed by atoms with Crippen LogP contribution in [0.5, 0.6) is 5.75 Å². The van der Waals surface area contributed by atoms with Crippen LogP contribution in [0.2, 0.25) is 0 Å². The van der Waals surface area contributed by atoms with Crippen LogP contribution in [0.3, 0.4) is 0 Å². The van der Waals surface area contributed by atoms with Gasteiger partial charge in [-0.05, 0) is 53.0 Å². The highest BCUT2D eigenvalue weighted by Gasteiger charge is 2.44. The molecule has 1 atom stereocenters. The Bertz CT molecular complexity index is 1790. The maximum absolute atomic E-state index is 17.3. The Labute approximate surface area is 316 Å². The second-order valence-electron chi connectivity index (χ2n) is 14.9. The molecule has 0 fully saturated rings. The number of methoxy groups -OCH3 is 1. The lowest BCUT2D eigenvalue weighted by molar-refractivity contribution is -0.138. The second kappa shape index (κ2) is 17.8. The van der Waals surface area contributed by atoms with Crippen molar-refractivity contribution in [3.8, 4) is 5.75 Å². The standard InChI is InChI=1S/C37H51FN4O11S/c1-11-17-50-33(44)39-54(47,48)41(22-30(43)49-10)32-29(51-23-25-15-13-12-14-16-25)19-28-27(31(32)38)18-26(42(28)35(46)53-37(7,8)9)21-40(20-24(2)3)34(45)52-36(4,5)6/h11-16,19,24,26H,1,17-18,20-23H2,2-10H3,(H,39,44)/t26-/m0/s1. The first-order valence-electron chi connectivity index (χ1n) is 17.2. The average Bonchev–Trinajstić information content (AvgIpc) is 3.42. The minimum absolute atomic E-state index is 0.0268. The summed E-state index contributed by atoms with van der Waals surface area (Å²) in [5, 5.41) is 0. The molecule has 0 saturated heterocycles. The smallest absolute Gasteiger partial charge is 0.422 e. The first kappa shape index (κ1) is 43.3. The largest absolute Gasteiger partial charge is 0.487 e. The number of halogens is 1. The number of rotatable bonds is 14. The van der Waals surface area contributed by atoms with Crippen molar-refractivity contribution in [1.29, 1.82) is 0 Å². The van der Waals surface area contributed by atoms with Crippen LogP contribution in [-0.4, -0.2) is 88.2 Å². The summed E-state index contributed by atoms with van der Waals surface area (Å²) < 4.78 is 73.8. The maximum Gasteiger partial charge on any atom is 0.422 e. The van der Waals surface area contributed by atoms with Crippen LogP contribution in [0.4, 0.5) is 30.1 Å². The topological polar surface area (TPSA) is 170 Å². The number of benzene rings is 2. The van der Waals surface area contributed by atoms with Crippen molar-refractivity contribution in [3.63, 3.8) is 0 Å². The lowest BCUT2D eigenvalue weighted by Crippen LogP contribution is -2.50. The first-order valence-corrected chi connectivity index (χ1v) is 18.7. The van der Waals surface area contributed by atoms with E-state index in [1.54, 1.807) is 76.6 Å². The zero-order valence-electron chi connectivity index (χ0n) is 32.3. The van der Waals surface area contributed by atoms with Crippen LogP contribution in [0.1, 0.15) is 66.5 Å². The van der Waals surface area contributed by atoms with E-state index >= 15 is 4.39 Å². The molecule has 2 aromatic rings. The molecule has 15 nitrogen and oxygen atoms in total. The van der Waals surface area contributed by atoms with Crippen LogP contribution < -0.4 is 18.7 Å². The van der Waals surface area contributed by atoms with Crippen molar-refractivity contribution in [1.82, 2.24) is 9.62 Å². The lowest BCUT2D eigenvalue weighted by Gasteiger charge is -2.34. The lowest BCUT2D eigenvalue weighted by atomic mass is 10.1. The summed E-state index contributed by atoms with van der Waals surface area (Å²) in [7, 11) is -4.10. The van der Waals surface area contributed by atoms with Crippen molar-refractivity contribution in [3.05, 3.63) is 66.0 Å². The highest BCUT2D eigenvalue weighted by atomic mass is 32.2. The van der Waals surface area contributed by atoms with Crippen LogP contribution in [0, 0.1) is 11.7 Å². The van der Waals surface area contributed by atoms with Gasteiger partial charge < -0.3 is 28.6 Å². The number of nitrogens with zero attached hydrogens (tertiary/aromatic N) is 3. The van der Waals surface area contributed by atoms with Gasteiger partial charge in [0.2, 0.25) is 0 Å². The number of hydrogen-bond acceptors (Lipinski definition) is 11. The fraction of sp³-hybridized carbons (Fsp3) is 0.514. The predicted molar refractivity (Wildman–Crippen MR) is 199 cm³/mol. The molecule has 17 heteroatoms. The van der Waals surface area contributed by atoms with Gasteiger partial charge in [-0.15, -0.1) is 0 Å². The van der Waals surface area contributed by atoms with Crippen molar-refractivity contribution >= 4 is 45.8 Å². The van der Waals surface area contributed by atoms with Gasteiger partial charge in [0.05, 0.1) is 18.8 Å². The quantitative estimate of drug-likeness (QED) is 0.134. The molecule has 1 heterocycles. The molecule has 1 aliphatic heterocycles. The van der Waals surface area contributed by atoms with Gasteiger partial charge in [0.1, 0.15) is 42.4 Å². The van der Waals surface area contributed by atoms with Crippen LogP contribution in [0.25, 0.3) is 0 Å². The van der Waals surface area contributed by atoms with Crippen LogP contribution in [0.15, 0.2) is 49.1 Å². The Morgan fingerprint density at radius 3 is 2.24 bits per heavy atom. The summed E-state index contributed by atoms with van der Waals surface area (Å²) in [6, 6.07) is 8.99. The Hall–Kier alpha value is -5.06. The SMILES string of the molecule is C=CCOC(=O)NS(=O)(=O)N(CC(=O)OC)c1c(OCc2ccccc2)cc2c(c1F)C[C@@H](CN(CC(C)C)C(=O)OC(C)(C)C)N2C(=O)OC(C)(C)C. The third-order valence-electron chi connectivity index (χ3n) is 7.43. The number of amides is 3. The molecular weight excluding hydrogens is 727 g/mol. The van der Waals surface area contributed by atoms with Gasteiger partial charge >= 0.3 is 34.5 Å². The Balaban J connectivity index is 2.30. The Kier molecular flexibility index (Phi) is 14.3. The number of esters is 1. The first-order chi connectivity index (χ1) is 25.1. The monoisotopic (exact) mass is 778 g/mol. The molecule has 1 aliphatic rings. The van der Waals surface area contributed by atoms with Crippen molar-refractivity contribution in [2.24, 2.45) is 5.92 Å². The zero-order chi connectivity index (χ0) is 40.6. The number of anilines is 2. The molecule has 0 unspecified atom stereocenters. The summed E-state index contributed by atoms with van der Waals surface area (Å²) in [6.45, 7) is 15.8. The molecule has 0 saturated carbocycles. The minimum atomic E-state index is -5.11. The number of ether oxygens (including phenoxy) is 5. The number of nitrogens with one attached hydrogen (secondary N) is 1. The van der Waals surface area contributed by atoms with E-state index in [1.165, 1.54) is 21.9 Å². The summed E-state index contributed by atoms with van der Waals surface area (Å²) >= 11 is 0. The van der Waals surface area contributed by atoms with E-state index in [4.69, 9.17) is 23.7 Å². The molecular formula is C37H51FN4O11S. The molecule has 1 N–H and O–H groups in total. The molecule has 3 rings (SSSR count). The molecule has 0 radical (unpaired) electrons. The third kappa shape index (κ3) is 12.0. The van der Waals surface area contributed by atoms with Gasteiger partial charge in [-0.25, -0.2) is 27.8 Å². The minimum Gasteiger partial charge on any atom is -0.487 e. The molecule has 2 aromatic carbocycles. The summed E-state index contributed by atoms with van der Waals surface area (Å²) in [5.74, 6) is -2.73. The predicted octanol–water partition coefficient (Wildman–Crippen LogP) is 6.10. The van der Waals surface area contributed by atoms with E-state index in [9.17, 15) is 27.6 Å². The zero-order valence-corrected chi connectivity index (χ0v) is 33.1. The molecule has 3 amide bonds. The summed E-state index contributed by atoms with van der Waals surface area (Å²) in [5.41, 5.74) is -2.16. The number of carbonyl (C=O) groups excluding carboxylic acids is 4. The van der Waals surface area contributed by atoms with E-state index in [0.29, 0.717) is 9.87 Å². The average molecular weight is 779 g/mol. The maximum atomic E-state index is 17.3. The highest BCUT2D eigenvalue weighted by Crippen LogP contribution is 2.46. The summed E-state index contributed by atoms with van der Waals surface area (Å²) in [6.07, 6.45) is -1.99. The van der Waals surface area contributed by atoms with Crippen molar-refractivity contribution < 1.29 is 55.7 Å². The van der Waals surface area contributed by atoms with Crippen molar-refractivity contribution in [2.45, 2.75) is 85.7 Å². The van der Waals surface area contributed by atoms with Crippen LogP contribution >= 0.6 is 0 Å². The number of carbonyl (C=O) groups is 4. The van der Waals surface area contributed by atoms with E-state index in [0.717, 1.165) is 7.11 Å².